The average Bonchev–Trinajstić information content (AvgIpc) is 3.08. The van der Waals surface area contributed by atoms with Crippen molar-refractivity contribution >= 4 is 0 Å². The summed E-state index contributed by atoms with van der Waals surface area (Å²) in [5.41, 5.74) is 7.29. The first-order valence-electron chi connectivity index (χ1n) is 6.91. The summed E-state index contributed by atoms with van der Waals surface area (Å²) in [6.45, 7) is 2.46. The van der Waals surface area contributed by atoms with Gasteiger partial charge >= 0.3 is 0 Å². The normalized spacial score (nSPS) is 19.6. The maximum absolute atomic E-state index is 13.2. The van der Waals surface area contributed by atoms with Crippen molar-refractivity contribution in [3.8, 4) is 11.5 Å². The minimum atomic E-state index is -0.287. The minimum absolute atomic E-state index is 0.287. The third kappa shape index (κ3) is 2.73. The molecule has 1 aliphatic rings. The largest absolute Gasteiger partial charge is 0.444 e. The summed E-state index contributed by atoms with van der Waals surface area (Å²) in [4.78, 5) is 6.76. The summed E-state index contributed by atoms with van der Waals surface area (Å²) in [6.07, 6.45) is 3.97. The standard InChI is InChI=1S/C15H18FN3O/c16-12-4-1-3-11(7-12)15-18-13(10-20-15)9-19-6-2-5-14(19)8-17/h1,3-4,7,10,14H,2,5-6,8-9,17H2. The number of benzene rings is 1. The van der Waals surface area contributed by atoms with Gasteiger partial charge in [-0.1, -0.05) is 6.07 Å². The predicted octanol–water partition coefficient (Wildman–Crippen LogP) is 2.40. The molecule has 1 unspecified atom stereocenters. The lowest BCUT2D eigenvalue weighted by Gasteiger charge is -2.21. The maximum Gasteiger partial charge on any atom is 0.226 e. The van der Waals surface area contributed by atoms with Crippen LogP contribution in [0.4, 0.5) is 4.39 Å². The highest BCUT2D eigenvalue weighted by Gasteiger charge is 2.24. The molecule has 4 nitrogen and oxygen atoms in total. The first kappa shape index (κ1) is 13.3. The Kier molecular flexibility index (Phi) is 3.80. The molecule has 1 aromatic heterocycles. The molecule has 1 aromatic carbocycles. The van der Waals surface area contributed by atoms with Crippen molar-refractivity contribution in [3.63, 3.8) is 0 Å². The predicted molar refractivity (Wildman–Crippen MR) is 74.4 cm³/mol. The van der Waals surface area contributed by atoms with E-state index in [1.165, 1.54) is 18.6 Å². The Bertz CT molecular complexity index is 584. The lowest BCUT2D eigenvalue weighted by atomic mass is 10.2. The highest BCUT2D eigenvalue weighted by molar-refractivity contribution is 5.52. The van der Waals surface area contributed by atoms with Gasteiger partial charge in [0, 0.05) is 24.7 Å². The number of oxazole rings is 1. The number of halogens is 1. The second-order valence-corrected chi connectivity index (χ2v) is 5.16. The number of nitrogens with two attached hydrogens (primary N) is 1. The van der Waals surface area contributed by atoms with Crippen LogP contribution in [0.3, 0.4) is 0 Å². The molecule has 0 aliphatic carbocycles. The van der Waals surface area contributed by atoms with E-state index >= 15 is 0 Å². The number of rotatable bonds is 4. The quantitative estimate of drug-likeness (QED) is 0.931. The maximum atomic E-state index is 13.2. The van der Waals surface area contributed by atoms with Crippen LogP contribution < -0.4 is 5.73 Å². The Hall–Kier alpha value is -1.72. The Morgan fingerprint density at radius 1 is 1.45 bits per heavy atom. The van der Waals surface area contributed by atoms with E-state index in [9.17, 15) is 4.39 Å². The smallest absolute Gasteiger partial charge is 0.226 e. The fourth-order valence-electron chi connectivity index (χ4n) is 2.71. The Morgan fingerprint density at radius 2 is 2.35 bits per heavy atom. The van der Waals surface area contributed by atoms with E-state index in [2.05, 4.69) is 9.88 Å². The number of nitrogens with zero attached hydrogens (tertiary/aromatic N) is 2. The topological polar surface area (TPSA) is 55.3 Å². The van der Waals surface area contributed by atoms with Crippen LogP contribution in [-0.2, 0) is 6.54 Å². The molecular formula is C15H18FN3O. The zero-order chi connectivity index (χ0) is 13.9. The van der Waals surface area contributed by atoms with Crippen molar-refractivity contribution < 1.29 is 8.81 Å². The van der Waals surface area contributed by atoms with Gasteiger partial charge in [-0.15, -0.1) is 0 Å². The molecule has 2 aromatic rings. The van der Waals surface area contributed by atoms with Gasteiger partial charge in [0.1, 0.15) is 12.1 Å². The first-order chi connectivity index (χ1) is 9.76. The van der Waals surface area contributed by atoms with Crippen molar-refractivity contribution in [1.82, 2.24) is 9.88 Å². The van der Waals surface area contributed by atoms with Gasteiger partial charge in [0.05, 0.1) is 5.69 Å². The van der Waals surface area contributed by atoms with Crippen LogP contribution in [0.1, 0.15) is 18.5 Å². The molecule has 1 fully saturated rings. The number of likely N-dealkylation sites (tertiary alicyclic amines) is 1. The molecule has 2 N–H and O–H groups in total. The zero-order valence-corrected chi connectivity index (χ0v) is 11.3. The molecule has 106 valence electrons. The summed E-state index contributed by atoms with van der Waals surface area (Å²) in [7, 11) is 0. The third-order valence-corrected chi connectivity index (χ3v) is 3.76. The van der Waals surface area contributed by atoms with Crippen molar-refractivity contribution in [3.05, 3.63) is 42.0 Å². The van der Waals surface area contributed by atoms with Gasteiger partial charge in [-0.25, -0.2) is 9.37 Å². The Balaban J connectivity index is 1.74. The lowest BCUT2D eigenvalue weighted by molar-refractivity contribution is 0.247. The fraction of sp³-hybridized carbons (Fsp3) is 0.400. The molecule has 0 amide bonds. The molecule has 1 aliphatic heterocycles. The average molecular weight is 275 g/mol. The number of hydrogen-bond donors (Lipinski definition) is 1. The van der Waals surface area contributed by atoms with Gasteiger partial charge in [-0.3, -0.25) is 4.90 Å². The second-order valence-electron chi connectivity index (χ2n) is 5.16. The SMILES string of the molecule is NCC1CCCN1Cc1coc(-c2cccc(F)c2)n1. The van der Waals surface area contributed by atoms with Crippen LogP contribution in [0.5, 0.6) is 0 Å². The molecule has 1 atom stereocenters. The van der Waals surface area contributed by atoms with E-state index in [1.807, 2.05) is 0 Å². The van der Waals surface area contributed by atoms with Crippen molar-refractivity contribution in [2.45, 2.75) is 25.4 Å². The minimum Gasteiger partial charge on any atom is -0.444 e. The first-order valence-corrected chi connectivity index (χ1v) is 6.91. The van der Waals surface area contributed by atoms with E-state index in [0.717, 1.165) is 25.2 Å². The van der Waals surface area contributed by atoms with E-state index in [-0.39, 0.29) is 5.82 Å². The Morgan fingerprint density at radius 3 is 3.15 bits per heavy atom. The molecule has 0 spiro atoms. The summed E-state index contributed by atoms with van der Waals surface area (Å²) in [5.74, 6) is 0.174. The van der Waals surface area contributed by atoms with Crippen LogP contribution in [-0.4, -0.2) is 29.0 Å². The van der Waals surface area contributed by atoms with E-state index in [4.69, 9.17) is 10.2 Å². The highest BCUT2D eigenvalue weighted by Crippen LogP contribution is 2.22. The Labute approximate surface area is 117 Å². The van der Waals surface area contributed by atoms with Crippen molar-refractivity contribution in [1.29, 1.82) is 0 Å². The van der Waals surface area contributed by atoms with Crippen LogP contribution in [0.15, 0.2) is 34.9 Å². The molecule has 2 heterocycles. The van der Waals surface area contributed by atoms with E-state index in [0.29, 0.717) is 24.0 Å². The lowest BCUT2D eigenvalue weighted by Crippen LogP contribution is -2.34. The molecule has 0 bridgehead atoms. The number of aromatic nitrogens is 1. The molecule has 20 heavy (non-hydrogen) atoms. The molecule has 0 saturated carbocycles. The van der Waals surface area contributed by atoms with Crippen LogP contribution >= 0.6 is 0 Å². The second kappa shape index (κ2) is 5.73. The number of hydrogen-bond acceptors (Lipinski definition) is 4. The van der Waals surface area contributed by atoms with Gasteiger partial charge in [-0.05, 0) is 37.6 Å². The third-order valence-electron chi connectivity index (χ3n) is 3.76. The van der Waals surface area contributed by atoms with Crippen molar-refractivity contribution in [2.75, 3.05) is 13.1 Å². The molecule has 3 rings (SSSR count). The molecule has 0 radical (unpaired) electrons. The van der Waals surface area contributed by atoms with Gasteiger partial charge < -0.3 is 10.2 Å². The summed E-state index contributed by atoms with van der Waals surface area (Å²) in [5, 5.41) is 0. The molecular weight excluding hydrogens is 257 g/mol. The van der Waals surface area contributed by atoms with E-state index < -0.39 is 0 Å². The van der Waals surface area contributed by atoms with Gasteiger partial charge in [0.15, 0.2) is 0 Å². The molecule has 1 saturated heterocycles. The van der Waals surface area contributed by atoms with Crippen LogP contribution in [0.25, 0.3) is 11.5 Å². The van der Waals surface area contributed by atoms with Crippen molar-refractivity contribution in [2.24, 2.45) is 5.73 Å². The molecule has 5 heteroatoms. The highest BCUT2D eigenvalue weighted by atomic mass is 19.1. The van der Waals surface area contributed by atoms with E-state index in [1.54, 1.807) is 18.4 Å². The van der Waals surface area contributed by atoms with Gasteiger partial charge in [-0.2, -0.15) is 0 Å². The van der Waals surface area contributed by atoms with Crippen LogP contribution in [0, 0.1) is 5.82 Å². The van der Waals surface area contributed by atoms with Crippen LogP contribution in [0.2, 0.25) is 0 Å². The monoisotopic (exact) mass is 275 g/mol. The summed E-state index contributed by atoms with van der Waals surface area (Å²) >= 11 is 0. The summed E-state index contributed by atoms with van der Waals surface area (Å²) in [6, 6.07) is 6.71. The van der Waals surface area contributed by atoms with Gasteiger partial charge in [0.25, 0.3) is 0 Å². The zero-order valence-electron chi connectivity index (χ0n) is 11.3. The summed E-state index contributed by atoms with van der Waals surface area (Å²) < 4.78 is 18.6. The fourth-order valence-corrected chi connectivity index (χ4v) is 2.71. The van der Waals surface area contributed by atoms with Gasteiger partial charge in [0.2, 0.25) is 5.89 Å².